The number of carbonyl (C=O) groups excluding carboxylic acids is 1. The van der Waals surface area contributed by atoms with E-state index in [1.54, 1.807) is 6.92 Å². The summed E-state index contributed by atoms with van der Waals surface area (Å²) in [5.74, 6) is -0.667. The van der Waals surface area contributed by atoms with Gasteiger partial charge < -0.3 is 15.8 Å². The molecule has 198 valence electrons. The molecule has 0 fully saturated rings. The van der Waals surface area contributed by atoms with E-state index in [4.69, 9.17) is 10.5 Å². The smallest absolute Gasteiger partial charge is 0.251 e. The van der Waals surface area contributed by atoms with Crippen LogP contribution in [0.3, 0.4) is 0 Å². The number of nitrogen functional groups attached to an aromatic ring is 1. The number of anilines is 1. The maximum Gasteiger partial charge on any atom is 0.251 e. The Kier molecular flexibility index (Phi) is 5.99. The van der Waals surface area contributed by atoms with Gasteiger partial charge in [-0.2, -0.15) is 0 Å². The predicted molar refractivity (Wildman–Crippen MR) is 146 cm³/mol. The molecule has 7 heteroatoms. The van der Waals surface area contributed by atoms with Crippen molar-refractivity contribution >= 4 is 11.7 Å². The number of hydrogen-bond acceptors (Lipinski definition) is 4. The van der Waals surface area contributed by atoms with Gasteiger partial charge in [-0.3, -0.25) is 4.79 Å². The molecule has 0 saturated heterocycles. The molecule has 4 aromatic rings. The second-order valence-electron chi connectivity index (χ2n) is 10.7. The van der Waals surface area contributed by atoms with Gasteiger partial charge in [-0.1, -0.05) is 32.0 Å². The van der Waals surface area contributed by atoms with Crippen LogP contribution in [0.15, 0.2) is 54.6 Å². The molecule has 6 rings (SSSR count). The number of ether oxygens (including phenoxy) is 1. The summed E-state index contributed by atoms with van der Waals surface area (Å²) in [6.07, 6.45) is -0.588. The van der Waals surface area contributed by atoms with E-state index >= 15 is 0 Å². The van der Waals surface area contributed by atoms with Crippen LogP contribution in [-0.2, 0) is 11.3 Å². The molecule has 0 saturated carbocycles. The second kappa shape index (κ2) is 9.27. The van der Waals surface area contributed by atoms with Crippen LogP contribution in [0.25, 0.3) is 11.1 Å². The van der Waals surface area contributed by atoms with Gasteiger partial charge in [0.2, 0.25) is 0 Å². The number of nitrogens with two attached hydrogens (primary N) is 1. The summed E-state index contributed by atoms with van der Waals surface area (Å²) in [7, 11) is 0. The first-order valence-electron chi connectivity index (χ1n) is 13.1. The zero-order valence-electron chi connectivity index (χ0n) is 22.2. The summed E-state index contributed by atoms with van der Waals surface area (Å²) >= 11 is 0. The van der Waals surface area contributed by atoms with Gasteiger partial charge in [0.05, 0.1) is 0 Å². The number of rotatable bonds is 5. The van der Waals surface area contributed by atoms with E-state index in [1.807, 2.05) is 49.4 Å². The predicted octanol–water partition coefficient (Wildman–Crippen LogP) is 6.80. The van der Waals surface area contributed by atoms with Crippen LogP contribution in [0.5, 0.6) is 0 Å². The summed E-state index contributed by atoms with van der Waals surface area (Å²) in [6.45, 7) is 8.12. The molecule has 1 amide bonds. The first-order chi connectivity index (χ1) is 18.6. The van der Waals surface area contributed by atoms with Gasteiger partial charge in [-0.05, 0) is 94.6 Å². The zero-order valence-corrected chi connectivity index (χ0v) is 22.2. The van der Waals surface area contributed by atoms with Gasteiger partial charge in [0.25, 0.3) is 5.91 Å². The van der Waals surface area contributed by atoms with Crippen molar-refractivity contribution in [2.45, 2.75) is 52.4 Å². The van der Waals surface area contributed by atoms with Crippen LogP contribution in [0.1, 0.15) is 87.0 Å². The normalized spacial score (nSPS) is 16.9. The average Bonchev–Trinajstić information content (AvgIpc) is 3.44. The minimum absolute atomic E-state index is 0.190. The number of nitrogens with one attached hydrogen (secondary N) is 1. The lowest BCUT2D eigenvalue weighted by atomic mass is 9.83. The number of hydrogen-bond donors (Lipinski definition) is 2. The molecule has 1 aromatic heterocycles. The molecule has 2 aliphatic heterocycles. The van der Waals surface area contributed by atoms with Crippen molar-refractivity contribution in [2.24, 2.45) is 0 Å². The molecule has 0 aliphatic carbocycles. The van der Waals surface area contributed by atoms with Gasteiger partial charge in [0.1, 0.15) is 29.7 Å². The Morgan fingerprint density at radius 3 is 2.38 bits per heavy atom. The zero-order chi connectivity index (χ0) is 27.6. The van der Waals surface area contributed by atoms with Crippen LogP contribution in [0.4, 0.5) is 14.6 Å². The molecular formula is C32H29F2N3O2. The second-order valence-corrected chi connectivity index (χ2v) is 10.7. The van der Waals surface area contributed by atoms with E-state index in [1.165, 1.54) is 6.07 Å². The Hall–Kier alpha value is -4.10. The SMILES string of the molecule is Cc1cc(F)cc(F)c1-c1ccc2c(c1)[C@H]1O[C@@H]2c2ccc(C(=O)NCc3c(C(C)C)cc(N)nc3C)cc21. The number of carbonyl (C=O) groups is 1. The summed E-state index contributed by atoms with van der Waals surface area (Å²) < 4.78 is 34.7. The molecule has 0 spiro atoms. The third-order valence-electron chi connectivity index (χ3n) is 7.81. The molecule has 3 N–H and O–H groups in total. The highest BCUT2D eigenvalue weighted by Crippen LogP contribution is 2.55. The standard InChI is InChI=1S/C32H29F2N3O2/c1-15(2)23-13-28(35)37-17(4)26(23)14-36-32(38)19-6-8-22-25(11-19)31-24-10-18(5-7-21(24)30(22)39-31)29-16(3)9-20(33)12-27(29)34/h5-13,15,30-31H,14H2,1-4H3,(H2,35,37)(H,36,38)/t30-,31+/m0/s1. The molecular weight excluding hydrogens is 496 g/mol. The molecule has 3 heterocycles. The topological polar surface area (TPSA) is 77.2 Å². The first-order valence-corrected chi connectivity index (χ1v) is 13.1. The van der Waals surface area contributed by atoms with E-state index in [0.717, 1.165) is 45.1 Å². The Morgan fingerprint density at radius 1 is 0.974 bits per heavy atom. The van der Waals surface area contributed by atoms with Crippen molar-refractivity contribution in [3.63, 3.8) is 0 Å². The summed E-state index contributed by atoms with van der Waals surface area (Å²) in [5.41, 5.74) is 14.8. The third kappa shape index (κ3) is 4.17. The van der Waals surface area contributed by atoms with Crippen LogP contribution in [-0.4, -0.2) is 10.9 Å². The van der Waals surface area contributed by atoms with Crippen LogP contribution in [0, 0.1) is 25.5 Å². The van der Waals surface area contributed by atoms with Crippen molar-refractivity contribution in [1.29, 1.82) is 0 Å². The number of fused-ring (bicyclic) bond motifs is 8. The van der Waals surface area contributed by atoms with Crippen LogP contribution in [0.2, 0.25) is 0 Å². The molecule has 5 nitrogen and oxygen atoms in total. The third-order valence-corrected chi connectivity index (χ3v) is 7.81. The molecule has 0 radical (unpaired) electrons. The van der Waals surface area contributed by atoms with E-state index in [-0.39, 0.29) is 24.0 Å². The Morgan fingerprint density at radius 2 is 1.67 bits per heavy atom. The maximum atomic E-state index is 14.7. The molecule has 39 heavy (non-hydrogen) atoms. The Labute approximate surface area is 226 Å². The summed E-state index contributed by atoms with van der Waals surface area (Å²) in [5, 5.41) is 3.04. The van der Waals surface area contributed by atoms with Crippen molar-refractivity contribution < 1.29 is 18.3 Å². The number of pyridine rings is 1. The lowest BCUT2D eigenvalue weighted by Crippen LogP contribution is -2.25. The summed E-state index contributed by atoms with van der Waals surface area (Å²) in [6, 6.07) is 15.5. The van der Waals surface area contributed by atoms with E-state index < -0.39 is 11.6 Å². The Balaban J connectivity index is 1.28. The van der Waals surface area contributed by atoms with Crippen molar-refractivity contribution in [3.05, 3.63) is 116 Å². The highest BCUT2D eigenvalue weighted by molar-refractivity contribution is 5.94. The van der Waals surface area contributed by atoms with E-state index in [9.17, 15) is 13.6 Å². The molecule has 0 unspecified atom stereocenters. The van der Waals surface area contributed by atoms with Gasteiger partial charge >= 0.3 is 0 Å². The van der Waals surface area contributed by atoms with Gasteiger partial charge in [0.15, 0.2) is 0 Å². The molecule has 2 aliphatic rings. The highest BCUT2D eigenvalue weighted by Gasteiger charge is 2.43. The number of halogens is 2. The number of nitrogens with zero attached hydrogens (tertiary/aromatic N) is 1. The number of aromatic nitrogens is 1. The monoisotopic (exact) mass is 525 g/mol. The molecule has 2 atom stereocenters. The number of aryl methyl sites for hydroxylation is 2. The van der Waals surface area contributed by atoms with Crippen molar-refractivity contribution in [1.82, 2.24) is 10.3 Å². The van der Waals surface area contributed by atoms with Gasteiger partial charge in [-0.25, -0.2) is 13.8 Å². The van der Waals surface area contributed by atoms with E-state index in [2.05, 4.69) is 24.1 Å². The quantitative estimate of drug-likeness (QED) is 0.300. The fourth-order valence-electron chi connectivity index (χ4n) is 5.97. The van der Waals surface area contributed by atoms with Crippen LogP contribution >= 0.6 is 0 Å². The summed E-state index contributed by atoms with van der Waals surface area (Å²) in [4.78, 5) is 17.6. The van der Waals surface area contributed by atoms with Crippen molar-refractivity contribution in [3.8, 4) is 11.1 Å². The van der Waals surface area contributed by atoms with Gasteiger partial charge in [-0.15, -0.1) is 0 Å². The Bertz CT molecular complexity index is 1640. The fraction of sp³-hybridized carbons (Fsp3) is 0.250. The average molecular weight is 526 g/mol. The fourth-order valence-corrected chi connectivity index (χ4v) is 5.97. The minimum atomic E-state index is -0.597. The van der Waals surface area contributed by atoms with Crippen LogP contribution < -0.4 is 11.1 Å². The first kappa shape index (κ1) is 25.2. The largest absolute Gasteiger partial charge is 0.384 e. The van der Waals surface area contributed by atoms with Crippen molar-refractivity contribution in [2.75, 3.05) is 5.73 Å². The number of amides is 1. The highest BCUT2D eigenvalue weighted by atomic mass is 19.1. The number of benzene rings is 3. The minimum Gasteiger partial charge on any atom is -0.384 e. The lowest BCUT2D eigenvalue weighted by molar-refractivity contribution is 0.0857. The van der Waals surface area contributed by atoms with Gasteiger partial charge in [0, 0.05) is 29.4 Å². The molecule has 2 bridgehead atoms. The molecule has 3 aromatic carbocycles. The maximum absolute atomic E-state index is 14.7. The lowest BCUT2D eigenvalue weighted by Gasteiger charge is -2.19. The van der Waals surface area contributed by atoms with E-state index in [0.29, 0.717) is 34.6 Å².